The van der Waals surface area contributed by atoms with E-state index in [1.54, 1.807) is 36.1 Å². The summed E-state index contributed by atoms with van der Waals surface area (Å²) in [5.74, 6) is 2.10. The molecule has 0 saturated carbocycles. The Bertz CT molecular complexity index is 1460. The van der Waals surface area contributed by atoms with Gasteiger partial charge in [-0.15, -0.1) is 0 Å². The Labute approximate surface area is 202 Å². The minimum absolute atomic E-state index is 0.111. The molecule has 1 aromatic carbocycles. The van der Waals surface area contributed by atoms with E-state index >= 15 is 0 Å². The Morgan fingerprint density at radius 3 is 2.60 bits per heavy atom. The molecule has 0 aliphatic carbocycles. The summed E-state index contributed by atoms with van der Waals surface area (Å²) in [5.41, 5.74) is 1.68. The van der Waals surface area contributed by atoms with E-state index < -0.39 is 0 Å². The van der Waals surface area contributed by atoms with Crippen LogP contribution in [0.3, 0.4) is 0 Å². The number of piperidine rings is 1. The van der Waals surface area contributed by atoms with E-state index in [0.717, 1.165) is 36.8 Å². The summed E-state index contributed by atoms with van der Waals surface area (Å²) in [6.07, 6.45) is 6.66. The molecule has 178 valence electrons. The average Bonchev–Trinajstić information content (AvgIpc) is 2.86. The van der Waals surface area contributed by atoms with Gasteiger partial charge in [-0.1, -0.05) is 6.07 Å². The minimum atomic E-state index is -0.201. The van der Waals surface area contributed by atoms with Gasteiger partial charge < -0.3 is 15.0 Å². The van der Waals surface area contributed by atoms with Crippen LogP contribution in [0.15, 0.2) is 59.7 Å². The molecule has 1 aliphatic heterocycles. The van der Waals surface area contributed by atoms with Crippen molar-refractivity contribution in [1.82, 2.24) is 19.5 Å². The first-order valence-corrected chi connectivity index (χ1v) is 11.6. The number of rotatable bonds is 5. The number of carbonyl (C=O) groups excluding carboxylic acids is 1. The Balaban J connectivity index is 1.40. The number of nitrogens with one attached hydrogen (secondary N) is 1. The molecule has 1 saturated heterocycles. The number of ether oxygens (including phenoxy) is 1. The van der Waals surface area contributed by atoms with Crippen LogP contribution in [-0.4, -0.2) is 38.5 Å². The van der Waals surface area contributed by atoms with Crippen molar-refractivity contribution in [3.8, 4) is 22.8 Å². The molecule has 35 heavy (non-hydrogen) atoms. The standard InChI is InChI=1S/C26H26N6O3/c1-17(33)29-24-15-20(10-11-27-24)35-19-7-9-22-18(14-19)6-8-23(30-22)21-16-28-26(31(2)25(21)34)32-12-4-3-5-13-32/h6-11,14-16H,3-5,12-13H2,1-2H3,(H,27,29,33). The Morgan fingerprint density at radius 1 is 1.00 bits per heavy atom. The third kappa shape index (κ3) is 4.84. The van der Waals surface area contributed by atoms with Crippen LogP contribution in [-0.2, 0) is 11.8 Å². The number of pyridine rings is 2. The van der Waals surface area contributed by atoms with Crippen molar-refractivity contribution in [2.75, 3.05) is 23.3 Å². The molecule has 1 amide bonds. The summed E-state index contributed by atoms with van der Waals surface area (Å²) in [6.45, 7) is 3.27. The van der Waals surface area contributed by atoms with Gasteiger partial charge in [0.2, 0.25) is 11.9 Å². The van der Waals surface area contributed by atoms with Gasteiger partial charge in [0.05, 0.1) is 16.8 Å². The average molecular weight is 471 g/mol. The zero-order chi connectivity index (χ0) is 24.4. The van der Waals surface area contributed by atoms with Crippen LogP contribution in [0.5, 0.6) is 11.5 Å². The van der Waals surface area contributed by atoms with E-state index in [1.807, 2.05) is 30.3 Å². The fourth-order valence-corrected chi connectivity index (χ4v) is 4.28. The van der Waals surface area contributed by atoms with E-state index in [0.29, 0.717) is 34.5 Å². The van der Waals surface area contributed by atoms with Crippen LogP contribution < -0.4 is 20.5 Å². The molecule has 1 aliphatic rings. The molecule has 3 aromatic heterocycles. The fraction of sp³-hybridized carbons (Fsp3) is 0.269. The molecule has 4 heterocycles. The molecule has 0 spiro atoms. The number of carbonyl (C=O) groups is 1. The number of aromatic nitrogens is 4. The summed E-state index contributed by atoms with van der Waals surface area (Å²) in [7, 11) is 1.77. The number of hydrogen-bond acceptors (Lipinski definition) is 7. The third-order valence-corrected chi connectivity index (χ3v) is 5.99. The highest BCUT2D eigenvalue weighted by atomic mass is 16.5. The molecule has 4 aromatic rings. The van der Waals surface area contributed by atoms with Gasteiger partial charge >= 0.3 is 0 Å². The van der Waals surface area contributed by atoms with Gasteiger partial charge in [0.15, 0.2) is 0 Å². The second-order valence-electron chi connectivity index (χ2n) is 8.59. The van der Waals surface area contributed by atoms with E-state index in [2.05, 4.69) is 20.2 Å². The van der Waals surface area contributed by atoms with Crippen molar-refractivity contribution < 1.29 is 9.53 Å². The first kappa shape index (κ1) is 22.5. The Hall–Kier alpha value is -4.27. The predicted molar refractivity (Wildman–Crippen MR) is 135 cm³/mol. The molecule has 0 bridgehead atoms. The summed E-state index contributed by atoms with van der Waals surface area (Å²) in [5, 5.41) is 3.51. The predicted octanol–water partition coefficient (Wildman–Crippen LogP) is 4.13. The summed E-state index contributed by atoms with van der Waals surface area (Å²) < 4.78 is 7.56. The molecule has 1 N–H and O–H groups in total. The molecule has 9 heteroatoms. The maximum Gasteiger partial charge on any atom is 0.264 e. The van der Waals surface area contributed by atoms with Crippen molar-refractivity contribution in [2.45, 2.75) is 26.2 Å². The quantitative estimate of drug-likeness (QED) is 0.468. The van der Waals surface area contributed by atoms with Gasteiger partial charge in [-0.2, -0.15) is 0 Å². The zero-order valence-corrected chi connectivity index (χ0v) is 19.7. The molecular formula is C26H26N6O3. The minimum Gasteiger partial charge on any atom is -0.457 e. The summed E-state index contributed by atoms with van der Waals surface area (Å²) >= 11 is 0. The first-order chi connectivity index (χ1) is 17.0. The van der Waals surface area contributed by atoms with Crippen molar-refractivity contribution in [3.05, 3.63) is 65.2 Å². The lowest BCUT2D eigenvalue weighted by Gasteiger charge is -2.28. The second kappa shape index (κ2) is 9.54. The number of hydrogen-bond donors (Lipinski definition) is 1. The van der Waals surface area contributed by atoms with Crippen molar-refractivity contribution >= 4 is 28.6 Å². The summed E-state index contributed by atoms with van der Waals surface area (Å²) in [6, 6.07) is 12.7. The van der Waals surface area contributed by atoms with Crippen LogP contribution in [0.1, 0.15) is 26.2 Å². The first-order valence-electron chi connectivity index (χ1n) is 11.6. The van der Waals surface area contributed by atoms with Crippen LogP contribution >= 0.6 is 0 Å². The van der Waals surface area contributed by atoms with E-state index in [4.69, 9.17) is 9.72 Å². The number of benzene rings is 1. The summed E-state index contributed by atoms with van der Waals surface area (Å²) in [4.78, 5) is 40.0. The highest BCUT2D eigenvalue weighted by Crippen LogP contribution is 2.27. The van der Waals surface area contributed by atoms with Gasteiger partial charge in [0, 0.05) is 50.9 Å². The topological polar surface area (TPSA) is 102 Å². The number of anilines is 2. The Morgan fingerprint density at radius 2 is 1.80 bits per heavy atom. The molecule has 0 unspecified atom stereocenters. The molecule has 0 radical (unpaired) electrons. The maximum atomic E-state index is 13.1. The molecule has 9 nitrogen and oxygen atoms in total. The maximum absolute atomic E-state index is 13.1. The lowest BCUT2D eigenvalue weighted by Crippen LogP contribution is -2.35. The lowest BCUT2D eigenvalue weighted by atomic mass is 10.1. The molecule has 0 atom stereocenters. The lowest BCUT2D eigenvalue weighted by molar-refractivity contribution is -0.114. The highest BCUT2D eigenvalue weighted by molar-refractivity contribution is 5.87. The third-order valence-electron chi connectivity index (χ3n) is 5.99. The normalized spacial score (nSPS) is 13.6. The van der Waals surface area contributed by atoms with Crippen LogP contribution in [0.4, 0.5) is 11.8 Å². The SMILES string of the molecule is CC(=O)Nc1cc(Oc2ccc3nc(-c4cnc(N5CCCCC5)n(C)c4=O)ccc3c2)ccn1. The zero-order valence-electron chi connectivity index (χ0n) is 19.7. The van der Waals surface area contributed by atoms with Gasteiger partial charge in [-0.05, 0) is 49.6 Å². The largest absolute Gasteiger partial charge is 0.457 e. The van der Waals surface area contributed by atoms with Crippen LogP contribution in [0.2, 0.25) is 0 Å². The van der Waals surface area contributed by atoms with E-state index in [9.17, 15) is 9.59 Å². The van der Waals surface area contributed by atoms with Gasteiger partial charge in [0.25, 0.3) is 5.56 Å². The highest BCUT2D eigenvalue weighted by Gasteiger charge is 2.18. The van der Waals surface area contributed by atoms with E-state index in [1.165, 1.54) is 13.3 Å². The smallest absolute Gasteiger partial charge is 0.264 e. The van der Waals surface area contributed by atoms with Crippen LogP contribution in [0.25, 0.3) is 22.2 Å². The van der Waals surface area contributed by atoms with Gasteiger partial charge in [-0.25, -0.2) is 15.0 Å². The fourth-order valence-electron chi connectivity index (χ4n) is 4.28. The van der Waals surface area contributed by atoms with E-state index in [-0.39, 0.29) is 11.5 Å². The molecule has 5 rings (SSSR count). The van der Waals surface area contributed by atoms with Gasteiger partial charge in [-0.3, -0.25) is 14.2 Å². The number of fused-ring (bicyclic) bond motifs is 1. The second-order valence-corrected chi connectivity index (χ2v) is 8.59. The monoisotopic (exact) mass is 470 g/mol. The van der Waals surface area contributed by atoms with Gasteiger partial charge in [0.1, 0.15) is 17.3 Å². The number of amides is 1. The van der Waals surface area contributed by atoms with Crippen molar-refractivity contribution in [1.29, 1.82) is 0 Å². The Kier molecular flexibility index (Phi) is 6.13. The van der Waals surface area contributed by atoms with Crippen molar-refractivity contribution in [2.24, 2.45) is 7.05 Å². The molecule has 1 fully saturated rings. The van der Waals surface area contributed by atoms with Crippen LogP contribution in [0, 0.1) is 0 Å². The number of nitrogens with zero attached hydrogens (tertiary/aromatic N) is 5. The van der Waals surface area contributed by atoms with Crippen molar-refractivity contribution in [3.63, 3.8) is 0 Å². The molecular weight excluding hydrogens is 444 g/mol.